The van der Waals surface area contributed by atoms with Crippen LogP contribution in [0.2, 0.25) is 0 Å². The number of carbonyl (C=O) groups excluding carboxylic acids is 1. The summed E-state index contributed by atoms with van der Waals surface area (Å²) >= 11 is 0. The molecule has 0 saturated carbocycles. The van der Waals surface area contributed by atoms with Crippen LogP contribution >= 0.6 is 0 Å². The standard InChI is InChI=1S/C16H18N2O3/c1-10(2)7-11(19)8-15-17-16(18-21-15)13-9-20-14-6-4-3-5-12(13)14/h3-6,10,13H,7-9H2,1-2H3. The first-order valence-electron chi connectivity index (χ1n) is 7.19. The van der Waals surface area contributed by atoms with Gasteiger partial charge in [0.25, 0.3) is 0 Å². The zero-order valence-corrected chi connectivity index (χ0v) is 12.2. The van der Waals surface area contributed by atoms with Crippen LogP contribution in [0.15, 0.2) is 28.8 Å². The maximum Gasteiger partial charge on any atom is 0.234 e. The van der Waals surface area contributed by atoms with Gasteiger partial charge in [-0.2, -0.15) is 4.98 Å². The van der Waals surface area contributed by atoms with Gasteiger partial charge in [0.15, 0.2) is 5.82 Å². The number of ketones is 1. The Kier molecular flexibility index (Phi) is 3.73. The number of carbonyl (C=O) groups is 1. The molecular weight excluding hydrogens is 268 g/mol. The number of Topliss-reactive ketones (excluding diaryl/α,β-unsaturated/α-hetero) is 1. The quantitative estimate of drug-likeness (QED) is 0.845. The van der Waals surface area contributed by atoms with Crippen molar-refractivity contribution in [3.8, 4) is 5.75 Å². The first-order chi connectivity index (χ1) is 10.1. The van der Waals surface area contributed by atoms with E-state index in [9.17, 15) is 4.79 Å². The van der Waals surface area contributed by atoms with Gasteiger partial charge in [0, 0.05) is 12.0 Å². The zero-order valence-electron chi connectivity index (χ0n) is 12.2. The number of nitrogens with zero attached hydrogens (tertiary/aromatic N) is 2. The van der Waals surface area contributed by atoms with E-state index in [0.29, 0.717) is 30.7 Å². The zero-order chi connectivity index (χ0) is 14.8. The molecule has 0 bridgehead atoms. The Morgan fingerprint density at radius 2 is 2.19 bits per heavy atom. The SMILES string of the molecule is CC(C)CC(=O)Cc1nc(C2COc3ccccc32)no1. The van der Waals surface area contributed by atoms with Gasteiger partial charge in [-0.1, -0.05) is 37.2 Å². The Morgan fingerprint density at radius 3 is 3.00 bits per heavy atom. The fourth-order valence-electron chi connectivity index (χ4n) is 2.55. The highest BCUT2D eigenvalue weighted by atomic mass is 16.5. The maximum absolute atomic E-state index is 11.8. The summed E-state index contributed by atoms with van der Waals surface area (Å²) < 4.78 is 10.8. The van der Waals surface area contributed by atoms with Crippen LogP contribution < -0.4 is 4.74 Å². The molecule has 1 atom stereocenters. The van der Waals surface area contributed by atoms with Gasteiger partial charge < -0.3 is 9.26 Å². The molecule has 1 aliphatic rings. The number of ether oxygens (including phenoxy) is 1. The second kappa shape index (κ2) is 5.68. The van der Waals surface area contributed by atoms with Crippen molar-refractivity contribution in [3.63, 3.8) is 0 Å². The number of benzene rings is 1. The number of aromatic nitrogens is 2. The van der Waals surface area contributed by atoms with Gasteiger partial charge in [0.05, 0.1) is 12.3 Å². The van der Waals surface area contributed by atoms with Gasteiger partial charge in [-0.15, -0.1) is 0 Å². The average molecular weight is 286 g/mol. The van der Waals surface area contributed by atoms with Crippen LogP contribution in [0.4, 0.5) is 0 Å². The monoisotopic (exact) mass is 286 g/mol. The normalized spacial score (nSPS) is 16.8. The van der Waals surface area contributed by atoms with Gasteiger partial charge in [-0.25, -0.2) is 0 Å². The molecule has 0 saturated heterocycles. The lowest BCUT2D eigenvalue weighted by Gasteiger charge is -2.02. The third kappa shape index (κ3) is 2.96. The molecule has 5 nitrogen and oxygen atoms in total. The van der Waals surface area contributed by atoms with Crippen molar-refractivity contribution in [1.82, 2.24) is 10.1 Å². The molecule has 0 amide bonds. The second-order valence-electron chi connectivity index (χ2n) is 5.76. The van der Waals surface area contributed by atoms with Gasteiger partial charge in [0.1, 0.15) is 18.1 Å². The van der Waals surface area contributed by atoms with Crippen LogP contribution in [0, 0.1) is 5.92 Å². The molecule has 0 fully saturated rings. The minimum Gasteiger partial charge on any atom is -0.492 e. The summed E-state index contributed by atoms with van der Waals surface area (Å²) in [6.45, 7) is 4.55. The molecule has 0 radical (unpaired) electrons. The van der Waals surface area contributed by atoms with Gasteiger partial charge in [-0.05, 0) is 12.0 Å². The van der Waals surface area contributed by atoms with Crippen molar-refractivity contribution in [2.45, 2.75) is 32.6 Å². The summed E-state index contributed by atoms with van der Waals surface area (Å²) in [5, 5.41) is 4.01. The van der Waals surface area contributed by atoms with Gasteiger partial charge in [0.2, 0.25) is 5.89 Å². The van der Waals surface area contributed by atoms with Crippen LogP contribution in [-0.4, -0.2) is 22.5 Å². The molecule has 1 unspecified atom stereocenters. The molecule has 110 valence electrons. The summed E-state index contributed by atoms with van der Waals surface area (Å²) in [7, 11) is 0. The number of rotatable bonds is 5. The van der Waals surface area contributed by atoms with E-state index in [-0.39, 0.29) is 18.1 Å². The number of fused-ring (bicyclic) bond motifs is 1. The largest absolute Gasteiger partial charge is 0.492 e. The van der Waals surface area contributed by atoms with E-state index in [4.69, 9.17) is 9.26 Å². The Morgan fingerprint density at radius 1 is 1.38 bits per heavy atom. The molecule has 21 heavy (non-hydrogen) atoms. The lowest BCUT2D eigenvalue weighted by atomic mass is 10.0. The Hall–Kier alpha value is -2.17. The highest BCUT2D eigenvalue weighted by Crippen LogP contribution is 2.36. The van der Waals surface area contributed by atoms with E-state index in [1.807, 2.05) is 38.1 Å². The topological polar surface area (TPSA) is 65.2 Å². The van der Waals surface area contributed by atoms with Crippen molar-refractivity contribution in [3.05, 3.63) is 41.5 Å². The number of para-hydroxylation sites is 1. The fraction of sp³-hybridized carbons (Fsp3) is 0.438. The van der Waals surface area contributed by atoms with Crippen molar-refractivity contribution >= 4 is 5.78 Å². The first kappa shape index (κ1) is 13.8. The molecule has 0 aliphatic carbocycles. The third-order valence-corrected chi connectivity index (χ3v) is 3.48. The second-order valence-corrected chi connectivity index (χ2v) is 5.76. The number of hydrogen-bond donors (Lipinski definition) is 0. The smallest absolute Gasteiger partial charge is 0.234 e. The summed E-state index contributed by atoms with van der Waals surface area (Å²) in [5.74, 6) is 2.30. The molecule has 2 aromatic rings. The summed E-state index contributed by atoms with van der Waals surface area (Å²) in [6.07, 6.45) is 0.744. The molecule has 0 spiro atoms. The molecule has 5 heteroatoms. The van der Waals surface area contributed by atoms with Crippen LogP contribution in [0.25, 0.3) is 0 Å². The van der Waals surface area contributed by atoms with E-state index in [2.05, 4.69) is 10.1 Å². The highest BCUT2D eigenvalue weighted by Gasteiger charge is 2.29. The van der Waals surface area contributed by atoms with Gasteiger partial charge >= 0.3 is 0 Å². The predicted octanol–water partition coefficient (Wildman–Crippen LogP) is 2.75. The molecule has 2 heterocycles. The van der Waals surface area contributed by atoms with E-state index in [1.54, 1.807) is 0 Å². The molecule has 3 rings (SSSR count). The van der Waals surface area contributed by atoms with Crippen molar-refractivity contribution < 1.29 is 14.1 Å². The van der Waals surface area contributed by atoms with Crippen LogP contribution in [-0.2, 0) is 11.2 Å². The fourth-order valence-corrected chi connectivity index (χ4v) is 2.55. The highest BCUT2D eigenvalue weighted by molar-refractivity contribution is 5.80. The average Bonchev–Trinajstić information content (AvgIpc) is 3.03. The van der Waals surface area contributed by atoms with E-state index >= 15 is 0 Å². The van der Waals surface area contributed by atoms with Crippen molar-refractivity contribution in [2.24, 2.45) is 5.92 Å². The summed E-state index contributed by atoms with van der Waals surface area (Å²) in [6, 6.07) is 7.84. The number of hydrogen-bond acceptors (Lipinski definition) is 5. The van der Waals surface area contributed by atoms with E-state index in [0.717, 1.165) is 11.3 Å². The lowest BCUT2D eigenvalue weighted by molar-refractivity contribution is -0.119. The summed E-state index contributed by atoms with van der Waals surface area (Å²) in [5.41, 5.74) is 1.07. The minimum absolute atomic E-state index is 0.0149. The van der Waals surface area contributed by atoms with Crippen LogP contribution in [0.5, 0.6) is 5.75 Å². The van der Waals surface area contributed by atoms with Crippen LogP contribution in [0.3, 0.4) is 0 Å². The Labute approximate surface area is 123 Å². The molecule has 1 aliphatic heterocycles. The Bertz CT molecular complexity index is 648. The predicted molar refractivity (Wildman–Crippen MR) is 76.2 cm³/mol. The van der Waals surface area contributed by atoms with Gasteiger partial charge in [-0.3, -0.25) is 4.79 Å². The van der Waals surface area contributed by atoms with E-state index in [1.165, 1.54) is 0 Å². The third-order valence-electron chi connectivity index (χ3n) is 3.48. The molecule has 1 aromatic heterocycles. The van der Waals surface area contributed by atoms with E-state index < -0.39 is 0 Å². The van der Waals surface area contributed by atoms with Crippen molar-refractivity contribution in [1.29, 1.82) is 0 Å². The maximum atomic E-state index is 11.8. The molecular formula is C16H18N2O3. The molecule has 0 N–H and O–H groups in total. The minimum atomic E-state index is -0.0149. The molecule has 1 aromatic carbocycles. The summed E-state index contributed by atoms with van der Waals surface area (Å²) in [4.78, 5) is 16.2. The van der Waals surface area contributed by atoms with Crippen LogP contribution in [0.1, 0.15) is 43.5 Å². The Balaban J connectivity index is 1.73. The lowest BCUT2D eigenvalue weighted by Crippen LogP contribution is -2.08. The van der Waals surface area contributed by atoms with Crippen molar-refractivity contribution in [2.75, 3.05) is 6.61 Å². The first-order valence-corrected chi connectivity index (χ1v) is 7.19.